The Morgan fingerprint density at radius 1 is 0.863 bits per heavy atom. The molecule has 1 aliphatic rings. The predicted octanol–water partition coefficient (Wildman–Crippen LogP) is 7.81. The molecule has 1 heterocycles. The third-order valence-corrected chi connectivity index (χ3v) is 9.70. The molecule has 0 saturated carbocycles. The van der Waals surface area contributed by atoms with Crippen LogP contribution in [0.4, 0.5) is 0 Å². The molecule has 5 unspecified atom stereocenters. The first-order chi connectivity index (χ1) is 24.7. The van der Waals surface area contributed by atoms with Crippen molar-refractivity contribution in [1.82, 2.24) is 10.2 Å². The van der Waals surface area contributed by atoms with Gasteiger partial charge in [-0.25, -0.2) is 0 Å². The van der Waals surface area contributed by atoms with Crippen molar-refractivity contribution in [1.29, 1.82) is 0 Å². The lowest BCUT2D eigenvalue weighted by Gasteiger charge is -2.39. The smallest absolute Gasteiger partial charge is 0.303 e. The highest BCUT2D eigenvalue weighted by Gasteiger charge is 2.33. The molecule has 1 saturated heterocycles. The van der Waals surface area contributed by atoms with Crippen LogP contribution < -0.4 is 5.32 Å². The average Bonchev–Trinajstić information content (AvgIpc) is 3.16. The number of benzene rings is 5. The summed E-state index contributed by atoms with van der Waals surface area (Å²) in [5.41, 5.74) is 6.98. The molecule has 1 amide bonds. The van der Waals surface area contributed by atoms with Crippen LogP contribution in [0.1, 0.15) is 73.4 Å². The minimum atomic E-state index is -0.869. The van der Waals surface area contributed by atoms with Gasteiger partial charge in [0.25, 0.3) is 5.91 Å². The second-order valence-corrected chi connectivity index (χ2v) is 13.3. The Bertz CT molecular complexity index is 1940. The van der Waals surface area contributed by atoms with Crippen LogP contribution in [0.15, 0.2) is 115 Å². The molecule has 8 heteroatoms. The fourth-order valence-electron chi connectivity index (χ4n) is 6.64. The first-order valence-corrected chi connectivity index (χ1v) is 17.5. The van der Waals surface area contributed by atoms with Crippen LogP contribution in [-0.4, -0.2) is 47.7 Å². The Balaban J connectivity index is 1.19. The Morgan fingerprint density at radius 3 is 2.27 bits per heavy atom. The van der Waals surface area contributed by atoms with Crippen LogP contribution >= 0.6 is 0 Å². The van der Waals surface area contributed by atoms with Crippen molar-refractivity contribution >= 4 is 22.6 Å². The Kier molecular flexibility index (Phi) is 11.6. The van der Waals surface area contributed by atoms with Gasteiger partial charge in [0.05, 0.1) is 18.8 Å². The third-order valence-electron chi connectivity index (χ3n) is 9.70. The lowest BCUT2D eigenvalue weighted by molar-refractivity contribution is -0.253. The van der Waals surface area contributed by atoms with Gasteiger partial charge in [0.1, 0.15) is 0 Å². The van der Waals surface area contributed by atoms with Gasteiger partial charge in [-0.3, -0.25) is 14.5 Å². The van der Waals surface area contributed by atoms with Crippen LogP contribution in [0.2, 0.25) is 0 Å². The molecule has 1 aliphatic heterocycles. The van der Waals surface area contributed by atoms with E-state index < -0.39 is 18.4 Å². The Morgan fingerprint density at radius 2 is 1.55 bits per heavy atom. The minimum absolute atomic E-state index is 0.00707. The molecule has 0 radical (unpaired) electrons. The number of aliphatic hydroxyl groups is 1. The summed E-state index contributed by atoms with van der Waals surface area (Å²) in [6.45, 7) is 6.07. The largest absolute Gasteiger partial charge is 0.453 e. The molecule has 0 aromatic heterocycles. The van der Waals surface area contributed by atoms with Gasteiger partial charge < -0.3 is 24.6 Å². The molecule has 2 N–H and O–H groups in total. The van der Waals surface area contributed by atoms with Gasteiger partial charge in [0, 0.05) is 38.0 Å². The van der Waals surface area contributed by atoms with Gasteiger partial charge in [0.15, 0.2) is 12.4 Å². The van der Waals surface area contributed by atoms with Crippen LogP contribution in [0.5, 0.6) is 0 Å². The van der Waals surface area contributed by atoms with E-state index in [4.69, 9.17) is 14.2 Å². The highest BCUT2D eigenvalue weighted by molar-refractivity contribution is 5.84. The topological polar surface area (TPSA) is 97.3 Å². The summed E-state index contributed by atoms with van der Waals surface area (Å²) in [4.78, 5) is 26.1. The van der Waals surface area contributed by atoms with E-state index in [0.29, 0.717) is 19.5 Å². The number of ether oxygens (including phenoxy) is 3. The van der Waals surface area contributed by atoms with Crippen LogP contribution in [-0.2, 0) is 37.0 Å². The molecule has 5 atom stereocenters. The third kappa shape index (κ3) is 8.90. The zero-order valence-electron chi connectivity index (χ0n) is 29.6. The van der Waals surface area contributed by atoms with E-state index in [1.807, 2.05) is 72.8 Å². The summed E-state index contributed by atoms with van der Waals surface area (Å²) in [5.74, 6) is -0.849. The molecule has 8 nitrogen and oxygen atoms in total. The highest BCUT2D eigenvalue weighted by atomic mass is 16.7. The number of rotatable bonds is 12. The quantitative estimate of drug-likeness (QED) is 0.129. The summed E-state index contributed by atoms with van der Waals surface area (Å²) < 4.78 is 18.3. The number of amides is 1. The number of carbonyl (C=O) groups is 2. The van der Waals surface area contributed by atoms with Gasteiger partial charge in [0.2, 0.25) is 0 Å². The standard InChI is InChI=1S/C43H46N2O6/c1-28(36-22-17-32-9-5-6-10-37(32)23-36)45(4)26-39-24-41(34-15-13-31(27-46)14-16-34)51-43(50-39)35-20-18-33(19-21-35)40-12-8-7-11-38(40)25-44-42(48)29(2)49-30(3)47/h5-23,28-29,39,41,43,46H,24-27H2,1-4H3,(H,44,48). The van der Waals surface area contributed by atoms with E-state index in [0.717, 1.165) is 33.4 Å². The molecule has 0 aliphatic carbocycles. The number of carbonyl (C=O) groups excluding carboxylic acids is 2. The maximum absolute atomic E-state index is 12.5. The lowest BCUT2D eigenvalue weighted by atomic mass is 9.97. The lowest BCUT2D eigenvalue weighted by Crippen LogP contribution is -2.38. The fourth-order valence-corrected chi connectivity index (χ4v) is 6.64. The van der Waals surface area contributed by atoms with Crippen molar-refractivity contribution in [2.75, 3.05) is 13.6 Å². The van der Waals surface area contributed by atoms with Crippen LogP contribution in [0.25, 0.3) is 21.9 Å². The van der Waals surface area contributed by atoms with Crippen molar-refractivity contribution in [3.05, 3.63) is 143 Å². The normalized spacial score (nSPS) is 18.7. The van der Waals surface area contributed by atoms with Gasteiger partial charge in [-0.2, -0.15) is 0 Å². The number of hydrogen-bond acceptors (Lipinski definition) is 7. The second kappa shape index (κ2) is 16.4. The zero-order chi connectivity index (χ0) is 35.9. The zero-order valence-corrected chi connectivity index (χ0v) is 29.6. The Hall–Kier alpha value is -4.86. The van der Waals surface area contributed by atoms with Gasteiger partial charge in [-0.1, -0.05) is 109 Å². The monoisotopic (exact) mass is 686 g/mol. The molecule has 0 bridgehead atoms. The maximum atomic E-state index is 12.5. The molecule has 51 heavy (non-hydrogen) atoms. The summed E-state index contributed by atoms with van der Waals surface area (Å²) >= 11 is 0. The number of hydrogen-bond donors (Lipinski definition) is 2. The first kappa shape index (κ1) is 35.9. The van der Waals surface area contributed by atoms with Crippen molar-refractivity contribution in [3.63, 3.8) is 0 Å². The summed E-state index contributed by atoms with van der Waals surface area (Å²) in [7, 11) is 2.14. The van der Waals surface area contributed by atoms with E-state index >= 15 is 0 Å². The van der Waals surface area contributed by atoms with Crippen molar-refractivity contribution in [2.24, 2.45) is 0 Å². The molecular formula is C43H46N2O6. The number of esters is 1. The number of fused-ring (bicyclic) bond motifs is 1. The van der Waals surface area contributed by atoms with Crippen LogP contribution in [0, 0.1) is 0 Å². The molecule has 0 spiro atoms. The number of nitrogens with one attached hydrogen (secondary N) is 1. The van der Waals surface area contributed by atoms with Gasteiger partial charge in [-0.15, -0.1) is 0 Å². The van der Waals surface area contributed by atoms with Crippen molar-refractivity contribution in [2.45, 2.75) is 71.0 Å². The van der Waals surface area contributed by atoms with Gasteiger partial charge >= 0.3 is 5.97 Å². The van der Waals surface area contributed by atoms with E-state index in [9.17, 15) is 14.7 Å². The number of aliphatic hydroxyl groups excluding tert-OH is 1. The summed E-state index contributed by atoms with van der Waals surface area (Å²) in [6.07, 6.45) is -1.05. The van der Waals surface area contributed by atoms with E-state index in [1.54, 1.807) is 6.92 Å². The predicted molar refractivity (Wildman–Crippen MR) is 198 cm³/mol. The molecule has 5 aromatic carbocycles. The molecule has 6 rings (SSSR count). The number of nitrogens with zero attached hydrogens (tertiary/aromatic N) is 1. The molecule has 1 fully saturated rings. The molecule has 5 aromatic rings. The first-order valence-electron chi connectivity index (χ1n) is 17.5. The van der Waals surface area contributed by atoms with E-state index in [1.165, 1.54) is 23.3 Å². The summed E-state index contributed by atoms with van der Waals surface area (Å²) in [5, 5.41) is 14.9. The maximum Gasteiger partial charge on any atom is 0.303 e. The van der Waals surface area contributed by atoms with Crippen LogP contribution in [0.3, 0.4) is 0 Å². The Labute approximate surface area is 300 Å². The number of likely N-dealkylation sites (N-methyl/N-ethyl adjacent to an activating group) is 1. The van der Waals surface area contributed by atoms with E-state index in [2.05, 4.69) is 66.7 Å². The average molecular weight is 687 g/mol. The summed E-state index contributed by atoms with van der Waals surface area (Å²) in [6, 6.07) is 39.3. The van der Waals surface area contributed by atoms with Crippen molar-refractivity contribution < 1.29 is 28.9 Å². The SMILES string of the molecule is CC(=O)OC(C)C(=O)NCc1ccccc1-c1ccc(C2OC(CN(C)C(C)c3ccc4ccccc4c3)CC(c3ccc(CO)cc3)O2)cc1. The molecule has 264 valence electrons. The minimum Gasteiger partial charge on any atom is -0.453 e. The molecular weight excluding hydrogens is 640 g/mol. The van der Waals surface area contributed by atoms with Crippen molar-refractivity contribution in [3.8, 4) is 11.1 Å². The fraction of sp³-hybridized carbons (Fsp3) is 0.302. The second-order valence-electron chi connectivity index (χ2n) is 13.3. The highest BCUT2D eigenvalue weighted by Crippen LogP contribution is 2.39. The van der Waals surface area contributed by atoms with E-state index in [-0.39, 0.29) is 30.8 Å². The van der Waals surface area contributed by atoms with Gasteiger partial charge in [-0.05, 0) is 71.1 Å².